The van der Waals surface area contributed by atoms with Crippen molar-refractivity contribution in [3.63, 3.8) is 0 Å². The Labute approximate surface area is 191 Å². The maximum Gasteiger partial charge on any atom is 0.416 e. The van der Waals surface area contributed by atoms with E-state index in [0.29, 0.717) is 0 Å². The second kappa shape index (κ2) is 9.48. The molecule has 0 unspecified atom stereocenters. The zero-order valence-corrected chi connectivity index (χ0v) is 18.2. The molecule has 0 saturated carbocycles. The number of sulfonamides is 1. The summed E-state index contributed by atoms with van der Waals surface area (Å²) in [4.78, 5) is 12.0. The molecule has 0 fully saturated rings. The number of carbonyl (C=O) groups is 1. The molecule has 178 valence electrons. The summed E-state index contributed by atoms with van der Waals surface area (Å²) in [6, 6.07) is 9.28. The molecule has 0 saturated heterocycles. The van der Waals surface area contributed by atoms with Gasteiger partial charge < -0.3 is 14.5 Å². The second-order valence-corrected chi connectivity index (χ2v) is 8.71. The fourth-order valence-electron chi connectivity index (χ4n) is 2.85. The normalized spacial score (nSPS) is 11.5. The third kappa shape index (κ3) is 6.29. The average Bonchev–Trinajstić information content (AvgIpc) is 3.21. The van der Waals surface area contributed by atoms with E-state index in [0.717, 1.165) is 24.5 Å². The Morgan fingerprint density at radius 2 is 1.91 bits per heavy atom. The smallest absolute Gasteiger partial charge is 0.416 e. The lowest BCUT2D eigenvalue weighted by Gasteiger charge is -2.11. The molecule has 1 aromatic heterocycles. The number of anilines is 1. The highest BCUT2D eigenvalue weighted by Gasteiger charge is 2.30. The van der Waals surface area contributed by atoms with Gasteiger partial charge >= 0.3 is 12.3 Å². The largest absolute Gasteiger partial charge is 0.425 e. The summed E-state index contributed by atoms with van der Waals surface area (Å²) < 4.78 is 87.9. The van der Waals surface area contributed by atoms with Gasteiger partial charge in [0.05, 0.1) is 23.1 Å². The molecule has 1 amide bonds. The van der Waals surface area contributed by atoms with Gasteiger partial charge in [0.2, 0.25) is 10.0 Å². The van der Waals surface area contributed by atoms with E-state index in [1.165, 1.54) is 30.3 Å². The number of halogens is 4. The first-order valence-electron chi connectivity index (χ1n) is 9.35. The van der Waals surface area contributed by atoms with Crippen LogP contribution in [0.15, 0.2) is 52.9 Å². The van der Waals surface area contributed by atoms with E-state index in [2.05, 4.69) is 11.2 Å². The van der Waals surface area contributed by atoms with E-state index >= 15 is 0 Å². The first-order valence-corrected chi connectivity index (χ1v) is 11.2. The van der Waals surface area contributed by atoms with Gasteiger partial charge in [-0.2, -0.15) is 13.2 Å². The predicted molar refractivity (Wildman–Crippen MR) is 115 cm³/mol. The van der Waals surface area contributed by atoms with Gasteiger partial charge in [-0.1, -0.05) is 18.1 Å². The molecule has 7 nitrogen and oxygen atoms in total. The summed E-state index contributed by atoms with van der Waals surface area (Å²) in [5.74, 6) is 0.981. The van der Waals surface area contributed by atoms with Crippen LogP contribution in [-0.2, 0) is 22.7 Å². The zero-order chi connectivity index (χ0) is 25.1. The minimum Gasteiger partial charge on any atom is -0.425 e. The lowest BCUT2D eigenvalue weighted by atomic mass is 10.1. The SMILES string of the molecule is C#Cc1cc(CNC(=O)Oc2ccc(-c3cccc(C(F)(F)F)c3)o2)cc(F)c1NS(C)(=O)=O. The van der Waals surface area contributed by atoms with Gasteiger partial charge in [0.25, 0.3) is 5.95 Å². The third-order valence-electron chi connectivity index (χ3n) is 4.28. The highest BCUT2D eigenvalue weighted by Crippen LogP contribution is 2.33. The van der Waals surface area contributed by atoms with E-state index < -0.39 is 39.4 Å². The lowest BCUT2D eigenvalue weighted by molar-refractivity contribution is -0.137. The second-order valence-electron chi connectivity index (χ2n) is 6.96. The molecular formula is C22H16F4N2O5S. The Morgan fingerprint density at radius 1 is 1.18 bits per heavy atom. The molecule has 2 aromatic carbocycles. The van der Waals surface area contributed by atoms with Gasteiger partial charge in [-0.3, -0.25) is 4.72 Å². The van der Waals surface area contributed by atoms with Gasteiger partial charge in [0, 0.05) is 18.2 Å². The van der Waals surface area contributed by atoms with Gasteiger partial charge in [0.15, 0.2) is 0 Å². The molecular weight excluding hydrogens is 480 g/mol. The molecule has 0 bridgehead atoms. The summed E-state index contributed by atoms with van der Waals surface area (Å²) in [5, 5.41) is 2.33. The van der Waals surface area contributed by atoms with Crippen LogP contribution in [0.1, 0.15) is 16.7 Å². The Morgan fingerprint density at radius 3 is 2.56 bits per heavy atom. The molecule has 3 aromatic rings. The quantitative estimate of drug-likeness (QED) is 0.379. The summed E-state index contributed by atoms with van der Waals surface area (Å²) in [6.45, 7) is -0.231. The first kappa shape index (κ1) is 24.7. The van der Waals surface area contributed by atoms with Crippen LogP contribution < -0.4 is 14.8 Å². The molecule has 34 heavy (non-hydrogen) atoms. The summed E-state index contributed by atoms with van der Waals surface area (Å²) in [6.07, 6.45) is 0.626. The van der Waals surface area contributed by atoms with E-state index in [1.807, 2.05) is 4.72 Å². The van der Waals surface area contributed by atoms with E-state index in [-0.39, 0.29) is 34.9 Å². The number of ether oxygens (including phenoxy) is 1. The van der Waals surface area contributed by atoms with E-state index in [1.54, 1.807) is 0 Å². The number of benzene rings is 2. The summed E-state index contributed by atoms with van der Waals surface area (Å²) in [5.41, 5.74) is -0.991. The molecule has 0 aliphatic carbocycles. The molecule has 1 heterocycles. The van der Waals surface area contributed by atoms with Gasteiger partial charge in [0.1, 0.15) is 11.6 Å². The number of rotatable bonds is 6. The van der Waals surface area contributed by atoms with Crippen molar-refractivity contribution in [1.82, 2.24) is 5.32 Å². The van der Waals surface area contributed by atoms with Gasteiger partial charge in [-0.15, -0.1) is 6.42 Å². The number of amides is 1. The number of furan rings is 1. The maximum absolute atomic E-state index is 14.3. The monoisotopic (exact) mass is 496 g/mol. The predicted octanol–water partition coefficient (Wildman–Crippen LogP) is 4.75. The first-order chi connectivity index (χ1) is 15.9. The van der Waals surface area contributed by atoms with Crippen LogP contribution in [0.2, 0.25) is 0 Å². The van der Waals surface area contributed by atoms with Crippen LogP contribution in [-0.4, -0.2) is 20.8 Å². The number of carbonyl (C=O) groups excluding carboxylic acids is 1. The molecule has 0 aliphatic heterocycles. The zero-order valence-electron chi connectivity index (χ0n) is 17.4. The number of nitrogens with one attached hydrogen (secondary N) is 2. The molecule has 3 rings (SSSR count). The van der Waals surface area contributed by atoms with Crippen LogP contribution in [0.4, 0.5) is 28.0 Å². The van der Waals surface area contributed by atoms with Crippen molar-refractivity contribution >= 4 is 21.8 Å². The number of terminal acetylenes is 1. The van der Waals surface area contributed by atoms with Crippen LogP contribution >= 0.6 is 0 Å². The Balaban J connectivity index is 1.66. The molecule has 0 spiro atoms. The lowest BCUT2D eigenvalue weighted by Crippen LogP contribution is -2.26. The van der Waals surface area contributed by atoms with Gasteiger partial charge in [-0.05, 0) is 35.9 Å². The minimum absolute atomic E-state index is 0.0450. The summed E-state index contributed by atoms with van der Waals surface area (Å²) >= 11 is 0. The number of hydrogen-bond donors (Lipinski definition) is 2. The van der Waals surface area contributed by atoms with Crippen molar-refractivity contribution in [1.29, 1.82) is 0 Å². The molecule has 0 radical (unpaired) electrons. The highest BCUT2D eigenvalue weighted by atomic mass is 32.2. The van der Waals surface area contributed by atoms with Gasteiger partial charge in [-0.25, -0.2) is 17.6 Å². The fourth-order valence-corrected chi connectivity index (χ4v) is 3.43. The molecule has 12 heteroatoms. The highest BCUT2D eigenvalue weighted by molar-refractivity contribution is 7.92. The van der Waals surface area contributed by atoms with Crippen molar-refractivity contribution < 1.29 is 39.9 Å². The van der Waals surface area contributed by atoms with Crippen molar-refractivity contribution in [3.05, 3.63) is 71.0 Å². The molecule has 0 atom stereocenters. The minimum atomic E-state index is -4.53. The Bertz CT molecular complexity index is 1370. The van der Waals surface area contributed by atoms with Crippen LogP contribution in [0.25, 0.3) is 11.3 Å². The number of alkyl halides is 3. The van der Waals surface area contributed by atoms with E-state index in [4.69, 9.17) is 15.6 Å². The molecule has 0 aliphatic rings. The Kier molecular flexibility index (Phi) is 6.88. The van der Waals surface area contributed by atoms with Crippen molar-refractivity contribution in [2.45, 2.75) is 12.7 Å². The maximum atomic E-state index is 14.3. The summed E-state index contributed by atoms with van der Waals surface area (Å²) in [7, 11) is -3.77. The Hall–Kier alpha value is -3.98. The van der Waals surface area contributed by atoms with E-state index in [9.17, 15) is 30.8 Å². The topological polar surface area (TPSA) is 97.6 Å². The van der Waals surface area contributed by atoms with Crippen molar-refractivity contribution in [3.8, 4) is 29.6 Å². The van der Waals surface area contributed by atoms with Crippen molar-refractivity contribution in [2.24, 2.45) is 0 Å². The van der Waals surface area contributed by atoms with Crippen molar-refractivity contribution in [2.75, 3.05) is 11.0 Å². The third-order valence-corrected chi connectivity index (χ3v) is 4.85. The number of hydrogen-bond acceptors (Lipinski definition) is 5. The average molecular weight is 496 g/mol. The molecule has 2 N–H and O–H groups in total. The van der Waals surface area contributed by atoms with Crippen LogP contribution in [0.3, 0.4) is 0 Å². The fraction of sp³-hybridized carbons (Fsp3) is 0.136. The van der Waals surface area contributed by atoms with Crippen LogP contribution in [0, 0.1) is 18.2 Å². The van der Waals surface area contributed by atoms with Crippen LogP contribution in [0.5, 0.6) is 5.95 Å². The standard InChI is InChI=1S/C22H16F4N2O5S/c1-3-14-9-13(10-17(23)20(14)28-34(2,30)31)12-27-21(29)33-19-8-7-18(32-19)15-5-4-6-16(11-15)22(24,25)26/h1,4-11,28H,12H2,2H3,(H,27,29).